The fourth-order valence-corrected chi connectivity index (χ4v) is 4.40. The fraction of sp³-hybridized carbons (Fsp3) is 0.400. The van der Waals surface area contributed by atoms with E-state index in [0.717, 1.165) is 22.3 Å². The SMILES string of the molecule is C=CCN(C(=O)C(CC(N)=O)NC(=O)OC(C)(C)C)C(C(=O)Nc1c(C)cccc1C)c1c(C)cccc1C. The lowest BCUT2D eigenvalue weighted by Crippen LogP contribution is -2.53. The van der Waals surface area contributed by atoms with Crippen molar-refractivity contribution in [1.82, 2.24) is 10.2 Å². The number of ether oxygens (including phenoxy) is 1. The highest BCUT2D eigenvalue weighted by molar-refractivity contribution is 6.01. The summed E-state index contributed by atoms with van der Waals surface area (Å²) in [6.45, 7) is 16.3. The minimum atomic E-state index is -1.36. The highest BCUT2D eigenvalue weighted by Gasteiger charge is 2.38. The van der Waals surface area contributed by atoms with Gasteiger partial charge in [0.05, 0.1) is 6.42 Å². The number of nitrogens with two attached hydrogens (primary N) is 1. The molecule has 2 aromatic carbocycles. The number of anilines is 1. The Balaban J connectivity index is 2.63. The van der Waals surface area contributed by atoms with E-state index in [1.165, 1.54) is 11.0 Å². The molecule has 2 aromatic rings. The van der Waals surface area contributed by atoms with Crippen LogP contribution in [0.3, 0.4) is 0 Å². The van der Waals surface area contributed by atoms with Gasteiger partial charge in [-0.15, -0.1) is 6.58 Å². The predicted octanol–water partition coefficient (Wildman–Crippen LogP) is 4.38. The van der Waals surface area contributed by atoms with Crippen LogP contribution in [0.1, 0.15) is 61.1 Å². The van der Waals surface area contributed by atoms with Crippen molar-refractivity contribution < 1.29 is 23.9 Å². The molecule has 0 spiro atoms. The zero-order valence-corrected chi connectivity index (χ0v) is 23.9. The number of para-hydroxylation sites is 1. The normalized spacial score (nSPS) is 12.6. The van der Waals surface area contributed by atoms with Gasteiger partial charge in [0.1, 0.15) is 17.7 Å². The molecule has 0 fully saturated rings. The predicted molar refractivity (Wildman–Crippen MR) is 152 cm³/mol. The molecule has 2 atom stereocenters. The molecule has 9 heteroatoms. The molecule has 0 radical (unpaired) electrons. The van der Waals surface area contributed by atoms with Crippen LogP contribution in [0.25, 0.3) is 0 Å². The molecule has 0 aliphatic rings. The first-order valence-corrected chi connectivity index (χ1v) is 12.8. The fourth-order valence-electron chi connectivity index (χ4n) is 4.40. The highest BCUT2D eigenvalue weighted by Crippen LogP contribution is 2.31. The number of carbonyl (C=O) groups excluding carboxylic acids is 4. The Bertz CT molecular complexity index is 1210. The van der Waals surface area contributed by atoms with Crippen molar-refractivity contribution in [3.05, 3.63) is 76.9 Å². The van der Waals surface area contributed by atoms with Crippen molar-refractivity contribution in [2.45, 2.75) is 72.6 Å². The number of amides is 4. The van der Waals surface area contributed by atoms with Crippen LogP contribution in [0, 0.1) is 27.7 Å². The Morgan fingerprint density at radius 3 is 1.95 bits per heavy atom. The van der Waals surface area contributed by atoms with Crippen molar-refractivity contribution in [3.63, 3.8) is 0 Å². The number of nitrogens with one attached hydrogen (secondary N) is 2. The minimum absolute atomic E-state index is 0.0390. The third-order valence-electron chi connectivity index (χ3n) is 6.11. The number of primary amides is 1. The van der Waals surface area contributed by atoms with Crippen LogP contribution >= 0.6 is 0 Å². The van der Waals surface area contributed by atoms with Gasteiger partial charge in [-0.1, -0.05) is 42.5 Å². The zero-order chi connectivity index (χ0) is 29.5. The largest absolute Gasteiger partial charge is 0.444 e. The molecule has 0 aliphatic carbocycles. The van der Waals surface area contributed by atoms with E-state index in [1.54, 1.807) is 20.8 Å². The summed E-state index contributed by atoms with van der Waals surface area (Å²) >= 11 is 0. The summed E-state index contributed by atoms with van der Waals surface area (Å²) in [6, 6.07) is 8.79. The number of hydrogen-bond donors (Lipinski definition) is 3. The summed E-state index contributed by atoms with van der Waals surface area (Å²) in [5.41, 5.74) is 9.20. The first kappa shape index (κ1) is 31.1. The molecule has 2 rings (SSSR count). The maximum Gasteiger partial charge on any atom is 0.408 e. The maximum absolute atomic E-state index is 14.1. The van der Waals surface area contributed by atoms with Gasteiger partial charge in [-0.3, -0.25) is 14.4 Å². The quantitative estimate of drug-likeness (QED) is 0.388. The Hall–Kier alpha value is -4.14. The van der Waals surface area contributed by atoms with Crippen LogP contribution in [0.15, 0.2) is 49.1 Å². The number of nitrogens with zero attached hydrogens (tertiary/aromatic N) is 1. The summed E-state index contributed by atoms with van der Waals surface area (Å²) in [5, 5.41) is 5.47. The lowest BCUT2D eigenvalue weighted by Gasteiger charge is -2.35. The Kier molecular flexibility index (Phi) is 10.4. The van der Waals surface area contributed by atoms with Gasteiger partial charge in [0.15, 0.2) is 0 Å². The van der Waals surface area contributed by atoms with Crippen LogP contribution in [0.2, 0.25) is 0 Å². The third kappa shape index (κ3) is 8.43. The maximum atomic E-state index is 14.1. The molecule has 9 nitrogen and oxygen atoms in total. The molecule has 210 valence electrons. The highest BCUT2D eigenvalue weighted by atomic mass is 16.6. The van der Waals surface area contributed by atoms with Gasteiger partial charge in [0.25, 0.3) is 5.91 Å². The van der Waals surface area contributed by atoms with E-state index in [2.05, 4.69) is 17.2 Å². The molecule has 4 N–H and O–H groups in total. The summed E-state index contributed by atoms with van der Waals surface area (Å²) in [5.74, 6) is -1.93. The summed E-state index contributed by atoms with van der Waals surface area (Å²) in [6.07, 6.45) is 0.118. The van der Waals surface area contributed by atoms with Crippen LogP contribution < -0.4 is 16.4 Å². The van der Waals surface area contributed by atoms with E-state index < -0.39 is 47.9 Å². The van der Waals surface area contributed by atoms with Gasteiger partial charge in [-0.2, -0.15) is 0 Å². The third-order valence-corrected chi connectivity index (χ3v) is 6.11. The molecule has 0 saturated carbocycles. The molecule has 0 bridgehead atoms. The van der Waals surface area contributed by atoms with Crippen molar-refractivity contribution in [1.29, 1.82) is 0 Å². The van der Waals surface area contributed by atoms with E-state index in [1.807, 2.05) is 64.1 Å². The standard InChI is InChI=1S/C30H40N4O5/c1-9-16-34(28(37)22(17-23(31)35)32-29(38)39-30(6,7)8)26(24-18(2)12-10-13-19(24)3)27(36)33-25-20(4)14-11-15-21(25)5/h9-15,22,26H,1,16-17H2,2-8H3,(H2,31,35)(H,32,38)(H,33,36). The Labute approximate surface area is 230 Å². The summed E-state index contributed by atoms with van der Waals surface area (Å²) in [7, 11) is 0. The summed E-state index contributed by atoms with van der Waals surface area (Å²) < 4.78 is 5.30. The second kappa shape index (κ2) is 13.1. The van der Waals surface area contributed by atoms with E-state index in [0.29, 0.717) is 11.3 Å². The lowest BCUT2D eigenvalue weighted by molar-refractivity contribution is -0.141. The molecular formula is C30H40N4O5. The molecule has 0 saturated heterocycles. The summed E-state index contributed by atoms with van der Waals surface area (Å²) in [4.78, 5) is 53.9. The number of rotatable bonds is 10. The molecule has 0 heterocycles. The zero-order valence-electron chi connectivity index (χ0n) is 23.9. The second-order valence-electron chi connectivity index (χ2n) is 10.6. The van der Waals surface area contributed by atoms with Gasteiger partial charge in [-0.05, 0) is 76.3 Å². The Morgan fingerprint density at radius 1 is 0.974 bits per heavy atom. The van der Waals surface area contributed by atoms with Crippen LogP contribution in [-0.2, 0) is 19.1 Å². The number of alkyl carbamates (subject to hydrolysis) is 1. The van der Waals surface area contributed by atoms with Crippen LogP contribution in [0.5, 0.6) is 0 Å². The number of hydrogen-bond acceptors (Lipinski definition) is 5. The monoisotopic (exact) mass is 536 g/mol. The number of benzene rings is 2. The molecular weight excluding hydrogens is 496 g/mol. The van der Waals surface area contributed by atoms with Gasteiger partial charge in [0.2, 0.25) is 11.8 Å². The molecule has 2 unspecified atom stereocenters. The smallest absolute Gasteiger partial charge is 0.408 e. The lowest BCUT2D eigenvalue weighted by atomic mass is 9.93. The first-order chi connectivity index (χ1) is 18.2. The number of aryl methyl sites for hydroxylation is 4. The average Bonchev–Trinajstić information content (AvgIpc) is 2.80. The van der Waals surface area contributed by atoms with Gasteiger partial charge in [0, 0.05) is 12.2 Å². The van der Waals surface area contributed by atoms with E-state index in [4.69, 9.17) is 10.5 Å². The van der Waals surface area contributed by atoms with E-state index >= 15 is 0 Å². The van der Waals surface area contributed by atoms with Gasteiger partial charge < -0.3 is 26.0 Å². The average molecular weight is 537 g/mol. The van der Waals surface area contributed by atoms with Crippen molar-refractivity contribution in [2.75, 3.05) is 11.9 Å². The van der Waals surface area contributed by atoms with Crippen LogP contribution in [0.4, 0.5) is 10.5 Å². The van der Waals surface area contributed by atoms with Gasteiger partial charge in [-0.25, -0.2) is 4.79 Å². The molecule has 0 aromatic heterocycles. The number of carbonyl (C=O) groups is 4. The molecule has 0 aliphatic heterocycles. The minimum Gasteiger partial charge on any atom is -0.444 e. The Morgan fingerprint density at radius 2 is 1.49 bits per heavy atom. The van der Waals surface area contributed by atoms with E-state index in [9.17, 15) is 19.2 Å². The molecule has 39 heavy (non-hydrogen) atoms. The van der Waals surface area contributed by atoms with Crippen molar-refractivity contribution in [2.24, 2.45) is 5.73 Å². The second-order valence-corrected chi connectivity index (χ2v) is 10.6. The molecule has 4 amide bonds. The van der Waals surface area contributed by atoms with Gasteiger partial charge >= 0.3 is 6.09 Å². The van der Waals surface area contributed by atoms with E-state index in [-0.39, 0.29) is 6.54 Å². The first-order valence-electron chi connectivity index (χ1n) is 12.8. The van der Waals surface area contributed by atoms with Crippen molar-refractivity contribution >= 4 is 29.5 Å². The van der Waals surface area contributed by atoms with Crippen molar-refractivity contribution in [3.8, 4) is 0 Å². The van der Waals surface area contributed by atoms with Crippen LogP contribution in [-0.4, -0.2) is 46.9 Å². The topological polar surface area (TPSA) is 131 Å².